The van der Waals surface area contributed by atoms with Crippen molar-refractivity contribution in [2.75, 3.05) is 6.54 Å². The van der Waals surface area contributed by atoms with Crippen LogP contribution in [0.15, 0.2) is 4.52 Å². The van der Waals surface area contributed by atoms with E-state index in [-0.39, 0.29) is 11.9 Å². The summed E-state index contributed by atoms with van der Waals surface area (Å²) in [4.78, 5) is 11.8. The minimum Gasteiger partial charge on any atom is -0.361 e. The molecule has 5 nitrogen and oxygen atoms in total. The number of unbranched alkanes of at least 4 members (excludes halogenated alkanes) is 3. The summed E-state index contributed by atoms with van der Waals surface area (Å²) in [5.74, 6) is 0.855. The van der Waals surface area contributed by atoms with Crippen molar-refractivity contribution in [3.8, 4) is 0 Å². The summed E-state index contributed by atoms with van der Waals surface area (Å²) in [6, 6.07) is -0.0530. The number of amides is 1. The molecule has 19 heavy (non-hydrogen) atoms. The standard InChI is InChI=1S/C14H25N3O2/c1-10(14-11(2)17-19-12(14)3)16-13(18)8-6-4-5-7-9-15/h10H,4-9,15H2,1-3H3,(H,16,18). The predicted octanol–water partition coefficient (Wildman–Crippen LogP) is 2.38. The van der Waals surface area contributed by atoms with Crippen LogP contribution in [0.4, 0.5) is 0 Å². The molecule has 3 N–H and O–H groups in total. The van der Waals surface area contributed by atoms with Crippen LogP contribution in [0.1, 0.15) is 62.1 Å². The third-order valence-electron chi connectivity index (χ3n) is 3.26. The summed E-state index contributed by atoms with van der Waals surface area (Å²) < 4.78 is 5.11. The van der Waals surface area contributed by atoms with Crippen molar-refractivity contribution < 1.29 is 9.32 Å². The van der Waals surface area contributed by atoms with Crippen LogP contribution in [0.25, 0.3) is 0 Å². The lowest BCUT2D eigenvalue weighted by atomic mass is 10.1. The molecule has 108 valence electrons. The molecule has 0 saturated heterocycles. The second-order valence-electron chi connectivity index (χ2n) is 4.98. The number of rotatable bonds is 8. The van der Waals surface area contributed by atoms with Gasteiger partial charge in [0.15, 0.2) is 0 Å². The van der Waals surface area contributed by atoms with Gasteiger partial charge in [-0.3, -0.25) is 4.79 Å². The fraction of sp³-hybridized carbons (Fsp3) is 0.714. The van der Waals surface area contributed by atoms with Crippen molar-refractivity contribution in [1.29, 1.82) is 0 Å². The van der Waals surface area contributed by atoms with Crippen molar-refractivity contribution in [2.45, 2.75) is 58.9 Å². The van der Waals surface area contributed by atoms with E-state index >= 15 is 0 Å². The molecule has 5 heteroatoms. The molecule has 1 aromatic rings. The van der Waals surface area contributed by atoms with Gasteiger partial charge in [-0.15, -0.1) is 0 Å². The maximum Gasteiger partial charge on any atom is 0.220 e. The molecule has 1 aromatic heterocycles. The molecule has 0 aromatic carbocycles. The molecule has 1 unspecified atom stereocenters. The second kappa shape index (κ2) is 7.94. The molecule has 1 rings (SSSR count). The average Bonchev–Trinajstić information content (AvgIpc) is 2.68. The number of hydrogen-bond donors (Lipinski definition) is 2. The molecule has 0 aliphatic heterocycles. The van der Waals surface area contributed by atoms with E-state index in [0.717, 1.165) is 49.2 Å². The Bertz CT molecular complexity index is 382. The Kier molecular flexibility index (Phi) is 6.56. The molecular formula is C14H25N3O2. The van der Waals surface area contributed by atoms with Crippen LogP contribution in [0.2, 0.25) is 0 Å². The fourth-order valence-electron chi connectivity index (χ4n) is 2.28. The zero-order valence-corrected chi connectivity index (χ0v) is 12.2. The first-order valence-electron chi connectivity index (χ1n) is 6.98. The molecule has 0 radical (unpaired) electrons. The van der Waals surface area contributed by atoms with Crippen molar-refractivity contribution in [3.63, 3.8) is 0 Å². The summed E-state index contributed by atoms with van der Waals surface area (Å²) in [6.45, 7) is 6.44. The van der Waals surface area contributed by atoms with Crippen LogP contribution in [-0.4, -0.2) is 17.6 Å². The number of aromatic nitrogens is 1. The Labute approximate surface area is 114 Å². The van der Waals surface area contributed by atoms with E-state index in [2.05, 4.69) is 10.5 Å². The highest BCUT2D eigenvalue weighted by Crippen LogP contribution is 2.20. The Morgan fingerprint density at radius 2 is 2.00 bits per heavy atom. The monoisotopic (exact) mass is 267 g/mol. The normalized spacial score (nSPS) is 12.4. The van der Waals surface area contributed by atoms with Gasteiger partial charge in [0.2, 0.25) is 5.91 Å². The lowest BCUT2D eigenvalue weighted by molar-refractivity contribution is -0.121. The van der Waals surface area contributed by atoms with Crippen molar-refractivity contribution >= 4 is 5.91 Å². The van der Waals surface area contributed by atoms with Gasteiger partial charge in [0.1, 0.15) is 5.76 Å². The quantitative estimate of drug-likeness (QED) is 0.708. The summed E-state index contributed by atoms with van der Waals surface area (Å²) in [5, 5.41) is 6.89. The number of aryl methyl sites for hydroxylation is 2. The number of carbonyl (C=O) groups is 1. The average molecular weight is 267 g/mol. The van der Waals surface area contributed by atoms with E-state index in [1.165, 1.54) is 0 Å². The van der Waals surface area contributed by atoms with Gasteiger partial charge in [-0.2, -0.15) is 0 Å². The van der Waals surface area contributed by atoms with E-state index in [1.54, 1.807) is 0 Å². The molecule has 0 spiro atoms. The van der Waals surface area contributed by atoms with Crippen molar-refractivity contribution in [2.24, 2.45) is 5.73 Å². The Morgan fingerprint density at radius 3 is 2.58 bits per heavy atom. The Balaban J connectivity index is 2.32. The first kappa shape index (κ1) is 15.7. The highest BCUT2D eigenvalue weighted by atomic mass is 16.5. The summed E-state index contributed by atoms with van der Waals surface area (Å²) in [5.41, 5.74) is 7.25. The molecular weight excluding hydrogens is 242 g/mol. The van der Waals surface area contributed by atoms with E-state index in [0.29, 0.717) is 6.42 Å². The number of nitrogens with two attached hydrogens (primary N) is 1. The van der Waals surface area contributed by atoms with Gasteiger partial charge in [0, 0.05) is 12.0 Å². The SMILES string of the molecule is Cc1noc(C)c1C(C)NC(=O)CCCCCCN. The zero-order valence-electron chi connectivity index (χ0n) is 12.2. The Morgan fingerprint density at radius 1 is 1.32 bits per heavy atom. The van der Waals surface area contributed by atoms with E-state index in [9.17, 15) is 4.79 Å². The lowest BCUT2D eigenvalue weighted by Gasteiger charge is -2.13. The van der Waals surface area contributed by atoms with Crippen LogP contribution in [0.3, 0.4) is 0 Å². The van der Waals surface area contributed by atoms with Gasteiger partial charge in [-0.1, -0.05) is 18.0 Å². The van der Waals surface area contributed by atoms with Gasteiger partial charge < -0.3 is 15.6 Å². The predicted molar refractivity (Wildman–Crippen MR) is 74.7 cm³/mol. The summed E-state index contributed by atoms with van der Waals surface area (Å²) >= 11 is 0. The fourth-order valence-corrected chi connectivity index (χ4v) is 2.28. The molecule has 1 atom stereocenters. The highest BCUT2D eigenvalue weighted by molar-refractivity contribution is 5.76. The zero-order chi connectivity index (χ0) is 14.3. The largest absolute Gasteiger partial charge is 0.361 e. The third-order valence-corrected chi connectivity index (χ3v) is 3.26. The molecule has 0 aliphatic carbocycles. The molecule has 0 aliphatic rings. The van der Waals surface area contributed by atoms with Crippen LogP contribution in [0.5, 0.6) is 0 Å². The van der Waals surface area contributed by atoms with Crippen LogP contribution < -0.4 is 11.1 Å². The maximum atomic E-state index is 11.8. The topological polar surface area (TPSA) is 81.2 Å². The highest BCUT2D eigenvalue weighted by Gasteiger charge is 2.17. The van der Waals surface area contributed by atoms with E-state index in [1.807, 2.05) is 20.8 Å². The first-order valence-corrected chi connectivity index (χ1v) is 6.98. The van der Waals surface area contributed by atoms with Gasteiger partial charge in [-0.05, 0) is 40.2 Å². The minimum atomic E-state index is -0.0530. The van der Waals surface area contributed by atoms with Crippen LogP contribution in [-0.2, 0) is 4.79 Å². The smallest absolute Gasteiger partial charge is 0.220 e. The van der Waals surface area contributed by atoms with E-state index in [4.69, 9.17) is 10.3 Å². The third kappa shape index (κ3) is 5.03. The molecule has 0 bridgehead atoms. The van der Waals surface area contributed by atoms with Gasteiger partial charge in [0.05, 0.1) is 11.7 Å². The van der Waals surface area contributed by atoms with Gasteiger partial charge in [0.25, 0.3) is 0 Å². The van der Waals surface area contributed by atoms with Crippen LogP contribution >= 0.6 is 0 Å². The van der Waals surface area contributed by atoms with Crippen molar-refractivity contribution in [1.82, 2.24) is 10.5 Å². The van der Waals surface area contributed by atoms with Crippen molar-refractivity contribution in [3.05, 3.63) is 17.0 Å². The number of carbonyl (C=O) groups excluding carboxylic acids is 1. The molecule has 1 heterocycles. The summed E-state index contributed by atoms with van der Waals surface area (Å²) in [6.07, 6.45) is 4.68. The van der Waals surface area contributed by atoms with Gasteiger partial charge >= 0.3 is 0 Å². The molecule has 0 fully saturated rings. The lowest BCUT2D eigenvalue weighted by Crippen LogP contribution is -2.26. The van der Waals surface area contributed by atoms with Gasteiger partial charge in [-0.25, -0.2) is 0 Å². The minimum absolute atomic E-state index is 0.0530. The second-order valence-corrected chi connectivity index (χ2v) is 4.98. The Hall–Kier alpha value is -1.36. The maximum absolute atomic E-state index is 11.8. The first-order chi connectivity index (χ1) is 9.06. The number of nitrogens with one attached hydrogen (secondary N) is 1. The van der Waals surface area contributed by atoms with E-state index < -0.39 is 0 Å². The van der Waals surface area contributed by atoms with Crippen LogP contribution in [0, 0.1) is 13.8 Å². The number of hydrogen-bond acceptors (Lipinski definition) is 4. The number of nitrogens with zero attached hydrogens (tertiary/aromatic N) is 1. The molecule has 1 amide bonds. The summed E-state index contributed by atoms with van der Waals surface area (Å²) in [7, 11) is 0. The molecule has 0 saturated carbocycles.